The molecule has 2 aromatic rings. The van der Waals surface area contributed by atoms with Crippen LogP contribution in [0.4, 0.5) is 10.5 Å². The molecule has 0 aliphatic heterocycles. The number of methoxy groups -OCH3 is 1. The summed E-state index contributed by atoms with van der Waals surface area (Å²) in [5, 5.41) is 10.3. The molecule has 1 aromatic heterocycles. The molecule has 24 heavy (non-hydrogen) atoms. The summed E-state index contributed by atoms with van der Waals surface area (Å²) in [4.78, 5) is 25.1. The van der Waals surface area contributed by atoms with Gasteiger partial charge in [0.2, 0.25) is 5.76 Å². The molecule has 8 heteroatoms. The molecule has 0 aliphatic rings. The molecule has 0 bridgehead atoms. The molecular weight excluding hydrogens is 338 g/mol. The van der Waals surface area contributed by atoms with E-state index in [1.807, 2.05) is 0 Å². The smallest absolute Gasteiger partial charge is 0.414 e. The average Bonchev–Trinajstić information content (AvgIpc) is 2.90. The zero-order valence-electron chi connectivity index (χ0n) is 13.4. The Morgan fingerprint density at radius 1 is 1.38 bits per heavy atom. The Bertz CT molecular complexity index is 741. The molecular formula is C16H18ClNO6. The first-order valence-electron chi connectivity index (χ1n) is 7.38. The molecule has 0 fully saturated rings. The van der Waals surface area contributed by atoms with Crippen LogP contribution in [0.15, 0.2) is 22.6 Å². The lowest BCUT2D eigenvalue weighted by molar-refractivity contribution is 0.0666. The van der Waals surface area contributed by atoms with Gasteiger partial charge in [-0.05, 0) is 31.5 Å². The largest absolute Gasteiger partial charge is 0.475 e. The number of ether oxygens (including phenoxy) is 2. The Morgan fingerprint density at radius 2 is 2.12 bits per heavy atom. The minimum Gasteiger partial charge on any atom is -0.475 e. The fourth-order valence-corrected chi connectivity index (χ4v) is 2.50. The van der Waals surface area contributed by atoms with E-state index in [1.54, 1.807) is 32.2 Å². The van der Waals surface area contributed by atoms with Crippen LogP contribution < -0.4 is 4.90 Å². The lowest BCUT2D eigenvalue weighted by atomic mass is 10.2. The second kappa shape index (κ2) is 8.03. The highest BCUT2D eigenvalue weighted by Gasteiger charge is 2.29. The number of rotatable bonds is 7. The second-order valence-corrected chi connectivity index (χ2v) is 5.36. The van der Waals surface area contributed by atoms with Gasteiger partial charge in [-0.1, -0.05) is 11.6 Å². The van der Waals surface area contributed by atoms with E-state index >= 15 is 0 Å². The number of carboxylic acids is 1. The minimum absolute atomic E-state index is 0.134. The highest BCUT2D eigenvalue weighted by Crippen LogP contribution is 2.36. The predicted molar refractivity (Wildman–Crippen MR) is 89.0 cm³/mol. The number of furan rings is 1. The molecule has 0 atom stereocenters. The van der Waals surface area contributed by atoms with Crippen molar-refractivity contribution in [3.63, 3.8) is 0 Å². The maximum Gasteiger partial charge on any atom is 0.414 e. The van der Waals surface area contributed by atoms with Gasteiger partial charge in [-0.2, -0.15) is 0 Å². The van der Waals surface area contributed by atoms with Gasteiger partial charge < -0.3 is 19.0 Å². The molecule has 0 radical (unpaired) electrons. The van der Waals surface area contributed by atoms with Crippen LogP contribution in [0.2, 0.25) is 5.02 Å². The summed E-state index contributed by atoms with van der Waals surface area (Å²) < 4.78 is 15.4. The number of amides is 1. The van der Waals surface area contributed by atoms with Crippen molar-refractivity contribution < 1.29 is 28.6 Å². The van der Waals surface area contributed by atoms with Crippen molar-refractivity contribution in [2.24, 2.45) is 0 Å². The van der Waals surface area contributed by atoms with Gasteiger partial charge in [-0.15, -0.1) is 0 Å². The number of halogens is 1. The van der Waals surface area contributed by atoms with E-state index in [1.165, 1.54) is 4.90 Å². The Balaban J connectivity index is 2.57. The summed E-state index contributed by atoms with van der Waals surface area (Å²) >= 11 is 6.01. The lowest BCUT2D eigenvalue weighted by Crippen LogP contribution is -2.34. The van der Waals surface area contributed by atoms with Crippen LogP contribution in [0.3, 0.4) is 0 Å². The molecule has 7 nitrogen and oxygen atoms in total. The van der Waals surface area contributed by atoms with E-state index < -0.39 is 12.1 Å². The van der Waals surface area contributed by atoms with Crippen molar-refractivity contribution >= 4 is 40.3 Å². The van der Waals surface area contributed by atoms with Gasteiger partial charge in [0.1, 0.15) is 11.3 Å². The normalized spacial score (nSPS) is 10.8. The molecule has 0 aliphatic carbocycles. The summed E-state index contributed by atoms with van der Waals surface area (Å²) in [5.74, 6) is -1.61. The predicted octanol–water partition coefficient (Wildman–Crippen LogP) is 3.78. The summed E-state index contributed by atoms with van der Waals surface area (Å²) in [6.07, 6.45) is -0.152. The topological polar surface area (TPSA) is 89.2 Å². The fraction of sp³-hybridized carbons (Fsp3) is 0.375. The second-order valence-electron chi connectivity index (χ2n) is 4.92. The fourth-order valence-electron chi connectivity index (χ4n) is 2.33. The first kappa shape index (κ1) is 18.1. The number of carbonyl (C=O) groups excluding carboxylic acids is 1. The van der Waals surface area contributed by atoms with Gasteiger partial charge >= 0.3 is 12.1 Å². The molecule has 0 saturated carbocycles. The summed E-state index contributed by atoms with van der Waals surface area (Å²) in [6, 6.07) is 4.71. The van der Waals surface area contributed by atoms with Crippen LogP contribution in [0.1, 0.15) is 23.9 Å². The van der Waals surface area contributed by atoms with E-state index in [-0.39, 0.29) is 24.6 Å². The monoisotopic (exact) mass is 355 g/mol. The minimum atomic E-state index is -1.28. The Morgan fingerprint density at radius 3 is 2.75 bits per heavy atom. The van der Waals surface area contributed by atoms with Crippen molar-refractivity contribution in [2.75, 3.05) is 31.8 Å². The van der Waals surface area contributed by atoms with Crippen molar-refractivity contribution in [2.45, 2.75) is 13.3 Å². The van der Waals surface area contributed by atoms with E-state index in [0.717, 1.165) is 0 Å². The molecule has 1 heterocycles. The Kier molecular flexibility index (Phi) is 6.05. The van der Waals surface area contributed by atoms with Gasteiger partial charge in [0.25, 0.3) is 0 Å². The zero-order chi connectivity index (χ0) is 17.7. The highest BCUT2D eigenvalue weighted by atomic mass is 35.5. The number of carbonyl (C=O) groups is 2. The standard InChI is InChI=1S/C16H18ClNO6/c1-3-23-16(21)18(7-4-8-22-2)13-11-9-10(17)5-6-12(11)24-14(13)15(19)20/h5-6,9H,3-4,7-8H2,1-2H3,(H,19,20). The maximum absolute atomic E-state index is 12.3. The quantitative estimate of drug-likeness (QED) is 0.760. The number of fused-ring (bicyclic) bond motifs is 1. The van der Waals surface area contributed by atoms with Crippen LogP contribution >= 0.6 is 11.6 Å². The van der Waals surface area contributed by atoms with Crippen molar-refractivity contribution in [1.29, 1.82) is 0 Å². The van der Waals surface area contributed by atoms with Gasteiger partial charge in [0.05, 0.1) is 6.61 Å². The van der Waals surface area contributed by atoms with Crippen LogP contribution in [0, 0.1) is 0 Å². The average molecular weight is 356 g/mol. The Labute approximate surface area is 143 Å². The molecule has 1 aromatic carbocycles. The van der Waals surface area contributed by atoms with Crippen LogP contribution in [-0.2, 0) is 9.47 Å². The summed E-state index contributed by atoms with van der Waals surface area (Å²) in [7, 11) is 1.55. The zero-order valence-corrected chi connectivity index (χ0v) is 14.1. The van der Waals surface area contributed by atoms with E-state index in [2.05, 4.69) is 0 Å². The molecule has 1 amide bonds. The van der Waals surface area contributed by atoms with Gasteiger partial charge in [0.15, 0.2) is 0 Å². The molecule has 2 rings (SSSR count). The molecule has 0 saturated heterocycles. The Hall–Kier alpha value is -2.25. The first-order valence-corrected chi connectivity index (χ1v) is 7.76. The third-order valence-electron chi connectivity index (χ3n) is 3.31. The first-order chi connectivity index (χ1) is 11.5. The number of nitrogens with zero attached hydrogens (tertiary/aromatic N) is 1. The van der Waals surface area contributed by atoms with Gasteiger partial charge in [0, 0.05) is 30.7 Å². The van der Waals surface area contributed by atoms with Crippen LogP contribution in [-0.4, -0.2) is 44.0 Å². The third-order valence-corrected chi connectivity index (χ3v) is 3.54. The third kappa shape index (κ3) is 3.80. The highest BCUT2D eigenvalue weighted by molar-refractivity contribution is 6.31. The number of carboxylic acid groups (broad SMARTS) is 1. The molecule has 0 unspecified atom stereocenters. The lowest BCUT2D eigenvalue weighted by Gasteiger charge is -2.21. The summed E-state index contributed by atoms with van der Waals surface area (Å²) in [6.45, 7) is 2.47. The molecule has 130 valence electrons. The van der Waals surface area contributed by atoms with Crippen molar-refractivity contribution in [3.05, 3.63) is 29.0 Å². The number of benzene rings is 1. The maximum atomic E-state index is 12.3. The number of anilines is 1. The molecule has 1 N–H and O–H groups in total. The van der Waals surface area contributed by atoms with Crippen LogP contribution in [0.5, 0.6) is 0 Å². The van der Waals surface area contributed by atoms with Crippen molar-refractivity contribution in [1.82, 2.24) is 0 Å². The summed E-state index contributed by atoms with van der Waals surface area (Å²) in [5.41, 5.74) is 0.461. The van der Waals surface area contributed by atoms with Gasteiger partial charge in [-0.3, -0.25) is 4.90 Å². The van der Waals surface area contributed by atoms with E-state index in [0.29, 0.717) is 29.0 Å². The SMILES string of the molecule is CCOC(=O)N(CCCOC)c1c(C(=O)O)oc2ccc(Cl)cc12. The number of hydrogen-bond donors (Lipinski definition) is 1. The number of aromatic carboxylic acids is 1. The van der Waals surface area contributed by atoms with E-state index in [4.69, 9.17) is 25.5 Å². The van der Waals surface area contributed by atoms with Gasteiger partial charge in [-0.25, -0.2) is 9.59 Å². The number of hydrogen-bond acceptors (Lipinski definition) is 5. The van der Waals surface area contributed by atoms with E-state index in [9.17, 15) is 14.7 Å². The van der Waals surface area contributed by atoms with Crippen LogP contribution in [0.25, 0.3) is 11.0 Å². The molecule has 0 spiro atoms. The van der Waals surface area contributed by atoms with Crippen molar-refractivity contribution in [3.8, 4) is 0 Å².